The Balaban J connectivity index is 1.85. The molecule has 1 N–H and O–H groups in total. The maximum Gasteiger partial charge on any atom is 0.354 e. The van der Waals surface area contributed by atoms with E-state index in [1.165, 1.54) is 4.57 Å². The molecule has 1 unspecified atom stereocenters. The molecular weight excluding hydrogens is 396 g/mol. The number of nitrogens with one attached hydrogen (secondary N) is 1. The Labute approximate surface area is 170 Å². The van der Waals surface area contributed by atoms with Gasteiger partial charge in [-0.15, -0.1) is 0 Å². The molecule has 1 heterocycles. The molecule has 1 saturated carbocycles. The van der Waals surface area contributed by atoms with Gasteiger partial charge in [-0.2, -0.15) is 4.98 Å². The number of nitrogens with zero attached hydrogens (tertiary/aromatic N) is 3. The van der Waals surface area contributed by atoms with E-state index in [2.05, 4.69) is 9.71 Å². The molecule has 6 nitrogen and oxygen atoms in total. The first kappa shape index (κ1) is 19.0. The molecule has 1 aliphatic carbocycles. The first-order valence-electron chi connectivity index (χ1n) is 8.97. The predicted octanol–water partition coefficient (Wildman–Crippen LogP) is 3.73. The van der Waals surface area contributed by atoms with Crippen molar-refractivity contribution in [1.82, 2.24) is 9.55 Å². The largest absolute Gasteiger partial charge is 0.362 e. The average Bonchev–Trinajstić information content (AvgIpc) is 3.40. The second kappa shape index (κ2) is 6.90. The Hall–Kier alpha value is -2.38. The van der Waals surface area contributed by atoms with E-state index in [-0.39, 0.29) is 4.75 Å². The van der Waals surface area contributed by atoms with E-state index in [1.54, 1.807) is 17.0 Å². The number of hydrogen-bond donors (Lipinski definition) is 1. The van der Waals surface area contributed by atoms with Crippen LogP contribution in [0.25, 0.3) is 16.6 Å². The molecule has 1 atom stereocenters. The van der Waals surface area contributed by atoms with Crippen molar-refractivity contribution in [2.24, 2.45) is 0 Å². The van der Waals surface area contributed by atoms with Crippen molar-refractivity contribution in [1.29, 1.82) is 0 Å². The van der Waals surface area contributed by atoms with Crippen LogP contribution in [-0.4, -0.2) is 32.6 Å². The maximum absolute atomic E-state index is 12.9. The van der Waals surface area contributed by atoms with Crippen molar-refractivity contribution in [3.8, 4) is 5.69 Å². The number of rotatable bonds is 5. The van der Waals surface area contributed by atoms with Crippen LogP contribution in [0.2, 0.25) is 5.02 Å². The molecule has 0 radical (unpaired) electrons. The highest BCUT2D eigenvalue weighted by Crippen LogP contribution is 2.41. The van der Waals surface area contributed by atoms with Gasteiger partial charge >= 0.3 is 5.69 Å². The normalized spacial score (nSPS) is 16.0. The summed E-state index contributed by atoms with van der Waals surface area (Å²) in [7, 11) is 2.52. The molecule has 0 amide bonds. The minimum atomic E-state index is -1.17. The lowest BCUT2D eigenvalue weighted by atomic mass is 10.2. The molecule has 1 aromatic heterocycles. The van der Waals surface area contributed by atoms with Crippen LogP contribution < -0.4 is 15.3 Å². The summed E-state index contributed by atoms with van der Waals surface area (Å²) in [5.41, 5.74) is 1.61. The first-order chi connectivity index (χ1) is 13.3. The van der Waals surface area contributed by atoms with Crippen molar-refractivity contribution in [2.45, 2.75) is 24.5 Å². The van der Waals surface area contributed by atoms with Crippen molar-refractivity contribution in [3.63, 3.8) is 0 Å². The molecule has 0 bridgehead atoms. The van der Waals surface area contributed by atoms with E-state index in [0.29, 0.717) is 27.7 Å². The van der Waals surface area contributed by atoms with E-state index in [1.807, 2.05) is 51.4 Å². The standard InChI is InChI=1S/C20H21ClN4O2S/c1-20(9-10-20)28(27)23-14-5-4-6-15(12-14)25-17-11-13(21)7-8-16(17)18(24(2)3)22-19(25)26/h4-8,11-12,23H,9-10H2,1-3H3. The van der Waals surface area contributed by atoms with Crippen LogP contribution in [0, 0.1) is 0 Å². The van der Waals surface area contributed by atoms with E-state index in [0.717, 1.165) is 18.2 Å². The fourth-order valence-electron chi connectivity index (χ4n) is 3.07. The number of aromatic nitrogens is 2. The van der Waals surface area contributed by atoms with Gasteiger partial charge in [0.15, 0.2) is 0 Å². The van der Waals surface area contributed by atoms with Gasteiger partial charge in [0, 0.05) is 30.2 Å². The molecule has 1 aliphatic rings. The molecule has 146 valence electrons. The molecule has 3 aromatic rings. The third kappa shape index (κ3) is 3.40. The fourth-order valence-corrected chi connectivity index (χ4v) is 4.30. The molecule has 2 aromatic carbocycles. The summed E-state index contributed by atoms with van der Waals surface area (Å²) in [6, 6.07) is 12.7. The quantitative estimate of drug-likeness (QED) is 0.688. The van der Waals surface area contributed by atoms with E-state index in [4.69, 9.17) is 11.6 Å². The predicted molar refractivity (Wildman–Crippen MR) is 116 cm³/mol. The van der Waals surface area contributed by atoms with Crippen LogP contribution in [0.1, 0.15) is 19.8 Å². The maximum atomic E-state index is 12.9. The molecule has 8 heteroatoms. The van der Waals surface area contributed by atoms with Gasteiger partial charge in [-0.25, -0.2) is 9.00 Å². The van der Waals surface area contributed by atoms with Gasteiger partial charge in [0.1, 0.15) is 16.8 Å². The van der Waals surface area contributed by atoms with Crippen LogP contribution in [0.5, 0.6) is 0 Å². The highest BCUT2D eigenvalue weighted by atomic mass is 35.5. The molecule has 0 saturated heterocycles. The Kier molecular flexibility index (Phi) is 4.67. The van der Waals surface area contributed by atoms with Crippen LogP contribution in [0.3, 0.4) is 0 Å². The smallest absolute Gasteiger partial charge is 0.354 e. The number of benzene rings is 2. The van der Waals surface area contributed by atoms with Gasteiger partial charge in [0.05, 0.1) is 16.0 Å². The summed E-state index contributed by atoms with van der Waals surface area (Å²) in [5, 5.41) is 1.36. The Morgan fingerprint density at radius 2 is 1.96 bits per heavy atom. The molecule has 0 aliphatic heterocycles. The number of fused-ring (bicyclic) bond motifs is 1. The fraction of sp³-hybridized carbons (Fsp3) is 0.300. The number of halogens is 1. The topological polar surface area (TPSA) is 67.2 Å². The average molecular weight is 417 g/mol. The Morgan fingerprint density at radius 3 is 2.64 bits per heavy atom. The third-order valence-corrected chi connectivity index (χ3v) is 6.93. The molecule has 4 rings (SSSR count). The van der Waals surface area contributed by atoms with Gasteiger partial charge < -0.3 is 9.62 Å². The van der Waals surface area contributed by atoms with Gasteiger partial charge in [-0.1, -0.05) is 17.7 Å². The van der Waals surface area contributed by atoms with E-state index < -0.39 is 16.7 Å². The van der Waals surface area contributed by atoms with Gasteiger partial charge in [0.25, 0.3) is 0 Å². The van der Waals surface area contributed by atoms with Gasteiger partial charge in [0.2, 0.25) is 0 Å². The van der Waals surface area contributed by atoms with Crippen molar-refractivity contribution in [3.05, 3.63) is 58.0 Å². The lowest BCUT2D eigenvalue weighted by molar-refractivity contribution is 0.676. The molecule has 28 heavy (non-hydrogen) atoms. The lowest BCUT2D eigenvalue weighted by Gasteiger charge is -2.18. The Bertz CT molecular complexity index is 1150. The van der Waals surface area contributed by atoms with Gasteiger partial charge in [-0.3, -0.25) is 4.57 Å². The highest BCUT2D eigenvalue weighted by molar-refractivity contribution is 7.88. The molecular formula is C20H21ClN4O2S. The zero-order valence-electron chi connectivity index (χ0n) is 15.9. The summed E-state index contributed by atoms with van der Waals surface area (Å²) >= 11 is 6.22. The van der Waals surface area contributed by atoms with Crippen LogP contribution in [0.4, 0.5) is 11.5 Å². The third-order valence-electron chi connectivity index (χ3n) is 4.97. The van der Waals surface area contributed by atoms with Crippen LogP contribution in [0.15, 0.2) is 47.3 Å². The number of hydrogen-bond acceptors (Lipinski definition) is 4. The number of anilines is 2. The monoisotopic (exact) mass is 416 g/mol. The summed E-state index contributed by atoms with van der Waals surface area (Å²) in [6.45, 7) is 2.00. The van der Waals surface area contributed by atoms with Gasteiger partial charge in [-0.05, 0) is 56.2 Å². The zero-order valence-corrected chi connectivity index (χ0v) is 17.5. The van der Waals surface area contributed by atoms with Crippen LogP contribution >= 0.6 is 11.6 Å². The molecule has 0 spiro atoms. The van der Waals surface area contributed by atoms with Crippen molar-refractivity contribution >= 4 is 45.0 Å². The minimum Gasteiger partial charge on any atom is -0.362 e. The summed E-state index contributed by atoms with van der Waals surface area (Å²) < 4.78 is 16.9. The minimum absolute atomic E-state index is 0.165. The second-order valence-electron chi connectivity index (χ2n) is 7.48. The zero-order chi connectivity index (χ0) is 20.1. The van der Waals surface area contributed by atoms with E-state index >= 15 is 0 Å². The molecule has 1 fully saturated rings. The first-order valence-corrected chi connectivity index (χ1v) is 10.5. The summed E-state index contributed by atoms with van der Waals surface area (Å²) in [4.78, 5) is 18.9. The van der Waals surface area contributed by atoms with Crippen LogP contribution in [-0.2, 0) is 11.0 Å². The lowest BCUT2D eigenvalue weighted by Crippen LogP contribution is -2.26. The van der Waals surface area contributed by atoms with E-state index in [9.17, 15) is 9.00 Å². The summed E-state index contributed by atoms with van der Waals surface area (Å²) in [6.07, 6.45) is 1.90. The SMILES string of the molecule is CN(C)c1nc(=O)n(-c2cccc(NS(=O)C3(C)CC3)c2)c2cc(Cl)ccc12. The highest BCUT2D eigenvalue weighted by Gasteiger charge is 2.44. The second-order valence-corrected chi connectivity index (χ2v) is 9.64. The summed E-state index contributed by atoms with van der Waals surface area (Å²) in [5.74, 6) is 0.588. The van der Waals surface area contributed by atoms with Crippen molar-refractivity contribution in [2.75, 3.05) is 23.7 Å². The Morgan fingerprint density at radius 1 is 1.21 bits per heavy atom. The van der Waals surface area contributed by atoms with Crippen molar-refractivity contribution < 1.29 is 4.21 Å².